The topological polar surface area (TPSA) is 60.7 Å². The number of aliphatic hydroxyl groups excluding tert-OH is 3. The van der Waals surface area contributed by atoms with E-state index in [0.29, 0.717) is 6.42 Å². The summed E-state index contributed by atoms with van der Waals surface area (Å²) in [5.41, 5.74) is 0. The Morgan fingerprint density at radius 3 is 1.89 bits per heavy atom. The molecule has 0 aliphatic rings. The van der Waals surface area contributed by atoms with Gasteiger partial charge in [-0.15, -0.1) is 0 Å². The molecule has 0 aliphatic heterocycles. The molecule has 3 nitrogen and oxygen atoms in total. The Labute approximate surface area is 116 Å². The zero-order valence-electron chi connectivity index (χ0n) is 11.8. The van der Waals surface area contributed by atoms with Gasteiger partial charge in [0, 0.05) is 0 Å². The monoisotopic (exact) mass is 266 g/mol. The molecule has 0 aromatic carbocycles. The van der Waals surface area contributed by atoms with Crippen molar-refractivity contribution in [3.05, 3.63) is 48.6 Å². The van der Waals surface area contributed by atoms with Gasteiger partial charge >= 0.3 is 0 Å². The first-order valence-electron chi connectivity index (χ1n) is 6.80. The maximum absolute atomic E-state index is 9.62. The van der Waals surface area contributed by atoms with Crippen LogP contribution in [0.2, 0.25) is 0 Å². The molecular weight excluding hydrogens is 240 g/mol. The van der Waals surface area contributed by atoms with Crippen LogP contribution in [0, 0.1) is 0 Å². The van der Waals surface area contributed by atoms with E-state index in [-0.39, 0.29) is 0 Å². The van der Waals surface area contributed by atoms with Crippen molar-refractivity contribution in [2.24, 2.45) is 0 Å². The third-order valence-electron chi connectivity index (χ3n) is 2.50. The van der Waals surface area contributed by atoms with Gasteiger partial charge in [-0.25, -0.2) is 0 Å². The Balaban J connectivity index is 3.93. The summed E-state index contributed by atoms with van der Waals surface area (Å²) < 4.78 is 0. The number of allylic oxidation sites excluding steroid dienone is 6. The zero-order valence-corrected chi connectivity index (χ0v) is 11.8. The molecule has 0 saturated heterocycles. The fourth-order valence-electron chi connectivity index (χ4n) is 1.37. The number of aliphatic hydroxyl groups is 3. The third-order valence-corrected chi connectivity index (χ3v) is 2.50. The lowest BCUT2D eigenvalue weighted by molar-refractivity contribution is 0.0418. The van der Waals surface area contributed by atoms with Gasteiger partial charge in [0.15, 0.2) is 0 Å². The highest BCUT2D eigenvalue weighted by Crippen LogP contribution is 2.05. The lowest BCUT2D eigenvalue weighted by atomic mass is 10.1. The van der Waals surface area contributed by atoms with Gasteiger partial charge in [0.25, 0.3) is 0 Å². The van der Waals surface area contributed by atoms with Gasteiger partial charge in [-0.1, -0.05) is 68.4 Å². The number of unbranched alkanes of at least 4 members (excludes halogenated alkanes) is 1. The number of rotatable bonds is 9. The van der Waals surface area contributed by atoms with Gasteiger partial charge in [0.2, 0.25) is 0 Å². The largest absolute Gasteiger partial charge is 0.390 e. The van der Waals surface area contributed by atoms with E-state index in [1.165, 1.54) is 0 Å². The highest BCUT2D eigenvalue weighted by atomic mass is 16.3. The van der Waals surface area contributed by atoms with E-state index in [1.54, 1.807) is 37.3 Å². The highest BCUT2D eigenvalue weighted by Gasteiger charge is 2.11. The van der Waals surface area contributed by atoms with Crippen LogP contribution >= 0.6 is 0 Å². The van der Waals surface area contributed by atoms with Crippen molar-refractivity contribution in [1.29, 1.82) is 0 Å². The van der Waals surface area contributed by atoms with Crippen molar-refractivity contribution in [1.82, 2.24) is 0 Å². The fourth-order valence-corrected chi connectivity index (χ4v) is 1.37. The molecule has 0 aliphatic carbocycles. The van der Waals surface area contributed by atoms with Crippen LogP contribution in [0.5, 0.6) is 0 Å². The minimum atomic E-state index is -0.810. The van der Waals surface area contributed by atoms with Crippen molar-refractivity contribution < 1.29 is 15.3 Å². The van der Waals surface area contributed by atoms with E-state index in [1.807, 2.05) is 18.2 Å². The second-order valence-electron chi connectivity index (χ2n) is 4.48. The molecule has 0 radical (unpaired) electrons. The van der Waals surface area contributed by atoms with Crippen LogP contribution in [-0.4, -0.2) is 33.6 Å². The van der Waals surface area contributed by atoms with E-state index < -0.39 is 18.3 Å². The Morgan fingerprint density at radius 2 is 1.37 bits per heavy atom. The summed E-state index contributed by atoms with van der Waals surface area (Å²) >= 11 is 0. The normalized spacial score (nSPS) is 17.9. The molecule has 108 valence electrons. The smallest absolute Gasteiger partial charge is 0.0982 e. The van der Waals surface area contributed by atoms with Crippen molar-refractivity contribution >= 4 is 0 Å². The van der Waals surface area contributed by atoms with Crippen molar-refractivity contribution in [3.63, 3.8) is 0 Å². The molecule has 0 heterocycles. The van der Waals surface area contributed by atoms with E-state index in [2.05, 4.69) is 6.92 Å². The second kappa shape index (κ2) is 11.9. The maximum atomic E-state index is 9.62. The molecule has 19 heavy (non-hydrogen) atoms. The van der Waals surface area contributed by atoms with E-state index >= 15 is 0 Å². The molecule has 3 heteroatoms. The maximum Gasteiger partial charge on any atom is 0.0982 e. The van der Waals surface area contributed by atoms with E-state index in [0.717, 1.165) is 12.8 Å². The van der Waals surface area contributed by atoms with Crippen LogP contribution in [0.15, 0.2) is 48.6 Å². The van der Waals surface area contributed by atoms with Crippen molar-refractivity contribution in [2.75, 3.05) is 0 Å². The quantitative estimate of drug-likeness (QED) is 0.562. The Kier molecular flexibility index (Phi) is 11.2. The molecular formula is C16H26O3. The van der Waals surface area contributed by atoms with Gasteiger partial charge in [0.05, 0.1) is 18.3 Å². The Hall–Kier alpha value is -1.16. The molecule has 0 bridgehead atoms. The Bertz CT molecular complexity index is 314. The van der Waals surface area contributed by atoms with Gasteiger partial charge in [-0.05, 0) is 13.3 Å². The van der Waals surface area contributed by atoms with Crippen LogP contribution in [0.3, 0.4) is 0 Å². The molecule has 0 fully saturated rings. The Morgan fingerprint density at radius 1 is 0.842 bits per heavy atom. The van der Waals surface area contributed by atoms with Gasteiger partial charge < -0.3 is 15.3 Å². The van der Waals surface area contributed by atoms with Gasteiger partial charge in [0.1, 0.15) is 0 Å². The van der Waals surface area contributed by atoms with Crippen LogP contribution in [0.25, 0.3) is 0 Å². The van der Waals surface area contributed by atoms with Crippen molar-refractivity contribution in [2.45, 2.75) is 51.4 Å². The molecule has 0 aromatic rings. The first-order chi connectivity index (χ1) is 9.07. The third kappa shape index (κ3) is 11.7. The molecule has 0 aromatic heterocycles. The molecule has 0 saturated carbocycles. The SMILES string of the molecule is CCCC[C@H](O)[C@H](O)/C=C/C=C/C=C\C=C\[C@H](C)O. The summed E-state index contributed by atoms with van der Waals surface area (Å²) in [6, 6.07) is 0. The van der Waals surface area contributed by atoms with Crippen LogP contribution in [0.1, 0.15) is 33.1 Å². The molecule has 0 unspecified atom stereocenters. The minimum absolute atomic E-state index is 0.437. The number of hydrogen-bond acceptors (Lipinski definition) is 3. The predicted molar refractivity (Wildman–Crippen MR) is 79.8 cm³/mol. The van der Waals surface area contributed by atoms with E-state index in [9.17, 15) is 10.2 Å². The lowest BCUT2D eigenvalue weighted by Gasteiger charge is -2.13. The zero-order chi connectivity index (χ0) is 14.5. The standard InChI is InChI=1S/C16H26O3/c1-3-4-12-15(18)16(19)13-10-8-6-5-7-9-11-14(2)17/h5-11,13-19H,3-4,12H2,1-2H3/b7-5-,8-6+,11-9+,13-10+/t14-,15-,16+/m0/s1. The molecule has 0 amide bonds. The first kappa shape index (κ1) is 17.8. The van der Waals surface area contributed by atoms with Crippen LogP contribution in [0.4, 0.5) is 0 Å². The molecule has 3 atom stereocenters. The molecule has 3 N–H and O–H groups in total. The molecule has 0 rings (SSSR count). The minimum Gasteiger partial charge on any atom is -0.390 e. The lowest BCUT2D eigenvalue weighted by Crippen LogP contribution is -2.23. The second-order valence-corrected chi connectivity index (χ2v) is 4.48. The summed E-state index contributed by atoms with van der Waals surface area (Å²) in [4.78, 5) is 0. The van der Waals surface area contributed by atoms with Crippen LogP contribution in [-0.2, 0) is 0 Å². The summed E-state index contributed by atoms with van der Waals surface area (Å²) in [6.45, 7) is 3.74. The van der Waals surface area contributed by atoms with Gasteiger partial charge in [-0.2, -0.15) is 0 Å². The first-order valence-corrected chi connectivity index (χ1v) is 6.80. The molecule has 0 spiro atoms. The summed E-state index contributed by atoms with van der Waals surface area (Å²) in [7, 11) is 0. The number of hydrogen-bond donors (Lipinski definition) is 3. The highest BCUT2D eigenvalue weighted by molar-refractivity contribution is 5.16. The fraction of sp³-hybridized carbons (Fsp3) is 0.500. The van der Waals surface area contributed by atoms with E-state index in [4.69, 9.17) is 5.11 Å². The average molecular weight is 266 g/mol. The summed E-state index contributed by atoms with van der Waals surface area (Å²) in [6.07, 6.45) is 14.6. The average Bonchev–Trinajstić information content (AvgIpc) is 2.38. The van der Waals surface area contributed by atoms with Crippen LogP contribution < -0.4 is 0 Å². The predicted octanol–water partition coefficient (Wildman–Crippen LogP) is 2.50. The van der Waals surface area contributed by atoms with Gasteiger partial charge in [-0.3, -0.25) is 0 Å². The summed E-state index contributed by atoms with van der Waals surface area (Å²) in [5, 5.41) is 28.2. The summed E-state index contributed by atoms with van der Waals surface area (Å²) in [5.74, 6) is 0. The van der Waals surface area contributed by atoms with Crippen molar-refractivity contribution in [3.8, 4) is 0 Å².